The van der Waals surface area contributed by atoms with Crippen molar-refractivity contribution in [2.45, 2.75) is 31.4 Å². The molecule has 12 heteroatoms. The van der Waals surface area contributed by atoms with Gasteiger partial charge in [-0.3, -0.25) is 24.6 Å². The molecule has 2 aromatic rings. The molecule has 41 heavy (non-hydrogen) atoms. The molecule has 2 amide bonds. The van der Waals surface area contributed by atoms with Crippen LogP contribution in [0.1, 0.15) is 23.1 Å². The van der Waals surface area contributed by atoms with Gasteiger partial charge in [-0.25, -0.2) is 4.79 Å². The number of nitrogens with two attached hydrogens (primary N) is 1. The number of aliphatic hydroxyl groups is 3. The highest BCUT2D eigenvalue weighted by molar-refractivity contribution is 6.24. The van der Waals surface area contributed by atoms with Crippen molar-refractivity contribution in [2.75, 3.05) is 19.4 Å². The van der Waals surface area contributed by atoms with Crippen LogP contribution >= 0.6 is 0 Å². The summed E-state index contributed by atoms with van der Waals surface area (Å²) in [5, 5.41) is 47.1. The van der Waals surface area contributed by atoms with E-state index in [9.17, 15) is 39.6 Å². The Morgan fingerprint density at radius 2 is 1.73 bits per heavy atom. The van der Waals surface area contributed by atoms with Gasteiger partial charge in [0.1, 0.15) is 28.6 Å². The van der Waals surface area contributed by atoms with E-state index in [0.29, 0.717) is 11.3 Å². The van der Waals surface area contributed by atoms with Gasteiger partial charge in [0.05, 0.1) is 11.6 Å². The van der Waals surface area contributed by atoms with Crippen LogP contribution in [0, 0.1) is 18.8 Å². The first-order valence-corrected chi connectivity index (χ1v) is 12.8. The second-order valence-electron chi connectivity index (χ2n) is 10.8. The highest BCUT2D eigenvalue weighted by Gasteiger charge is 2.64. The molecule has 0 unspecified atom stereocenters. The van der Waals surface area contributed by atoms with E-state index in [1.54, 1.807) is 24.3 Å². The summed E-state index contributed by atoms with van der Waals surface area (Å²) in [6.07, 6.45) is -0.887. The van der Waals surface area contributed by atoms with Crippen LogP contribution in [0.4, 0.5) is 10.5 Å². The lowest BCUT2D eigenvalue weighted by molar-refractivity contribution is -0.153. The molecule has 7 N–H and O–H groups in total. The summed E-state index contributed by atoms with van der Waals surface area (Å²) in [7, 11) is 3.04. The lowest BCUT2D eigenvalue weighted by atomic mass is 9.57. The molecule has 0 radical (unpaired) electrons. The Labute approximate surface area is 234 Å². The van der Waals surface area contributed by atoms with Crippen molar-refractivity contribution in [3.05, 3.63) is 70.0 Å². The number of aryl methyl sites for hydroxylation is 1. The van der Waals surface area contributed by atoms with Crippen LogP contribution in [-0.4, -0.2) is 74.6 Å². The Balaban J connectivity index is 1.58. The summed E-state index contributed by atoms with van der Waals surface area (Å²) in [4.78, 5) is 53.3. The number of Topliss-reactive ketones (excluding diaryl/α,β-unsaturated/α-hetero) is 2. The van der Waals surface area contributed by atoms with Crippen molar-refractivity contribution in [1.29, 1.82) is 0 Å². The summed E-state index contributed by atoms with van der Waals surface area (Å²) in [6.45, 7) is 1.88. The van der Waals surface area contributed by atoms with Crippen molar-refractivity contribution < 1.29 is 44.3 Å². The third-order valence-electron chi connectivity index (χ3n) is 8.07. The highest BCUT2D eigenvalue weighted by Crippen LogP contribution is 2.53. The molecule has 0 heterocycles. The number of phenolic OH excluding ortho intramolecular Hbond substituents is 1. The molecule has 0 bridgehead atoms. The standard InChI is InChI=1S/C29H29N3O9/c1-12-4-6-14(7-5-12)41-28(39)31-17-8-9-18(33)20-15(17)10-13-11-16-22(32(2)3)24(35)21(27(30)38)26(37)29(16,40)25(36)19(13)23(20)34/h4-9,13,16,22,33-34,37,40H,10-11H2,1-3H3,(H2,30,38)(H,31,39)/t13-,16-,22-,29-/m0/s1. The lowest BCUT2D eigenvalue weighted by Crippen LogP contribution is -2.65. The van der Waals surface area contributed by atoms with E-state index in [2.05, 4.69) is 5.32 Å². The molecule has 0 aromatic heterocycles. The summed E-state index contributed by atoms with van der Waals surface area (Å²) in [6, 6.07) is 8.23. The fourth-order valence-electron chi connectivity index (χ4n) is 6.21. The predicted octanol–water partition coefficient (Wildman–Crippen LogP) is 1.88. The first-order chi connectivity index (χ1) is 19.3. The number of anilines is 1. The number of aromatic hydroxyl groups is 1. The zero-order valence-electron chi connectivity index (χ0n) is 22.5. The number of likely N-dealkylation sites (N-methyl/N-ethyl adjacent to an activating group) is 1. The van der Waals surface area contributed by atoms with Crippen LogP contribution in [0.2, 0.25) is 0 Å². The van der Waals surface area contributed by atoms with E-state index in [4.69, 9.17) is 10.5 Å². The fraction of sp³-hybridized carbons (Fsp3) is 0.310. The molecular formula is C29H29N3O9. The number of ether oxygens (including phenoxy) is 1. The molecule has 3 aliphatic rings. The zero-order valence-corrected chi connectivity index (χ0v) is 22.5. The number of ketones is 2. The van der Waals surface area contributed by atoms with Gasteiger partial charge >= 0.3 is 6.09 Å². The van der Waals surface area contributed by atoms with Crippen LogP contribution in [0.3, 0.4) is 0 Å². The number of aliphatic hydroxyl groups excluding tert-OH is 2. The minimum Gasteiger partial charge on any atom is -0.508 e. The van der Waals surface area contributed by atoms with Crippen molar-refractivity contribution in [3.8, 4) is 11.5 Å². The number of nitrogens with one attached hydrogen (secondary N) is 1. The summed E-state index contributed by atoms with van der Waals surface area (Å²) in [5.74, 6) is -7.17. The Hall–Kier alpha value is -4.68. The fourth-order valence-corrected chi connectivity index (χ4v) is 6.21. The van der Waals surface area contributed by atoms with Crippen LogP contribution in [0.25, 0.3) is 5.76 Å². The van der Waals surface area contributed by atoms with Crippen molar-refractivity contribution in [1.82, 2.24) is 4.90 Å². The number of primary amides is 1. The Morgan fingerprint density at radius 3 is 2.34 bits per heavy atom. The number of carbonyl (C=O) groups excluding carboxylic acids is 4. The topological polar surface area (TPSA) is 200 Å². The van der Waals surface area contributed by atoms with E-state index in [1.165, 1.54) is 31.1 Å². The van der Waals surface area contributed by atoms with Crippen molar-refractivity contribution in [3.63, 3.8) is 0 Å². The Bertz CT molecular complexity index is 1570. The minimum absolute atomic E-state index is 0.0169. The van der Waals surface area contributed by atoms with E-state index < -0.39 is 69.9 Å². The molecule has 4 atom stereocenters. The van der Waals surface area contributed by atoms with Gasteiger partial charge in [0.25, 0.3) is 5.91 Å². The number of phenols is 1. The maximum atomic E-state index is 13.9. The number of benzene rings is 2. The van der Waals surface area contributed by atoms with Gasteiger partial charge in [0, 0.05) is 17.2 Å². The van der Waals surface area contributed by atoms with Crippen molar-refractivity contribution in [2.24, 2.45) is 17.6 Å². The number of rotatable bonds is 4. The molecule has 0 saturated heterocycles. The second-order valence-corrected chi connectivity index (χ2v) is 10.8. The van der Waals surface area contributed by atoms with Gasteiger partial charge in [0.15, 0.2) is 11.4 Å². The number of hydrogen-bond donors (Lipinski definition) is 6. The maximum absolute atomic E-state index is 13.9. The average Bonchev–Trinajstić information content (AvgIpc) is 2.89. The number of fused-ring (bicyclic) bond motifs is 3. The molecule has 214 valence electrons. The Kier molecular flexibility index (Phi) is 6.63. The molecule has 5 rings (SSSR count). The summed E-state index contributed by atoms with van der Waals surface area (Å²) < 4.78 is 5.33. The van der Waals surface area contributed by atoms with Gasteiger partial charge in [0.2, 0.25) is 5.78 Å². The monoisotopic (exact) mass is 563 g/mol. The van der Waals surface area contributed by atoms with Crippen molar-refractivity contribution >= 4 is 35.0 Å². The molecule has 0 aliphatic heterocycles. The smallest absolute Gasteiger partial charge is 0.417 e. The summed E-state index contributed by atoms with van der Waals surface area (Å²) >= 11 is 0. The highest BCUT2D eigenvalue weighted by atomic mass is 16.6. The largest absolute Gasteiger partial charge is 0.508 e. The molecule has 1 saturated carbocycles. The lowest BCUT2D eigenvalue weighted by Gasteiger charge is -2.50. The zero-order chi connectivity index (χ0) is 30.0. The summed E-state index contributed by atoms with van der Waals surface area (Å²) in [5.41, 5.74) is 2.78. The van der Waals surface area contributed by atoms with E-state index in [-0.39, 0.29) is 29.7 Å². The number of carbonyl (C=O) groups is 4. The van der Waals surface area contributed by atoms with E-state index in [0.717, 1.165) is 5.56 Å². The van der Waals surface area contributed by atoms with Gasteiger partial charge in [-0.15, -0.1) is 0 Å². The van der Waals surface area contributed by atoms with Crippen LogP contribution in [-0.2, 0) is 20.8 Å². The number of amides is 2. The van der Waals surface area contributed by atoms with Gasteiger partial charge < -0.3 is 30.9 Å². The van der Waals surface area contributed by atoms with Crippen LogP contribution in [0.5, 0.6) is 11.5 Å². The SMILES string of the molecule is Cc1ccc(OC(=O)Nc2ccc(O)c3c2C[C@H]2C[C@H]4[C@H](N(C)C)C(=O)C(C(N)=O)=C(O)[C@@]4(O)C(=O)C2=C3O)cc1. The maximum Gasteiger partial charge on any atom is 0.417 e. The quantitative estimate of drug-likeness (QED) is 0.236. The van der Waals surface area contributed by atoms with Gasteiger partial charge in [-0.2, -0.15) is 0 Å². The van der Waals surface area contributed by atoms with E-state index >= 15 is 0 Å². The first kappa shape index (κ1) is 27.9. The molecule has 0 spiro atoms. The molecular weight excluding hydrogens is 534 g/mol. The molecule has 12 nitrogen and oxygen atoms in total. The van der Waals surface area contributed by atoms with Gasteiger partial charge in [-0.05, 0) is 69.6 Å². The Morgan fingerprint density at radius 1 is 1.07 bits per heavy atom. The molecule has 3 aliphatic carbocycles. The van der Waals surface area contributed by atoms with Crippen LogP contribution in [0.15, 0.2) is 53.3 Å². The number of hydrogen-bond acceptors (Lipinski definition) is 10. The second kappa shape index (κ2) is 9.75. The normalized spacial score (nSPS) is 25.4. The van der Waals surface area contributed by atoms with E-state index in [1.807, 2.05) is 6.92 Å². The van der Waals surface area contributed by atoms with Gasteiger partial charge in [-0.1, -0.05) is 17.7 Å². The third-order valence-corrected chi connectivity index (χ3v) is 8.07. The third kappa shape index (κ3) is 4.23. The first-order valence-electron chi connectivity index (χ1n) is 12.8. The molecule has 1 fully saturated rings. The minimum atomic E-state index is -2.73. The van der Waals surface area contributed by atoms with Crippen LogP contribution < -0.4 is 15.8 Å². The number of nitrogens with zero attached hydrogens (tertiary/aromatic N) is 1. The molecule has 2 aromatic carbocycles. The average molecular weight is 564 g/mol. The predicted molar refractivity (Wildman–Crippen MR) is 145 cm³/mol.